The summed E-state index contributed by atoms with van der Waals surface area (Å²) in [4.78, 5) is 44.9. The molecule has 3 atom stereocenters. The number of nitrogens with two attached hydrogens (primary N) is 1. The number of nitrogens with one attached hydrogen (secondary N) is 3. The number of piperidine rings is 1. The van der Waals surface area contributed by atoms with Gasteiger partial charge in [0, 0.05) is 24.8 Å². The normalized spacial score (nSPS) is 23.3. The highest BCUT2D eigenvalue weighted by Crippen LogP contribution is 2.31. The van der Waals surface area contributed by atoms with E-state index in [1.54, 1.807) is 24.3 Å². The first kappa shape index (κ1) is 26.6. The second-order valence-electron chi connectivity index (χ2n) is 9.32. The number of hydrogen-bond acceptors (Lipinski definition) is 6. The van der Waals surface area contributed by atoms with E-state index in [-0.39, 0.29) is 10.6 Å². The molecule has 2 aliphatic rings. The lowest BCUT2D eigenvalue weighted by atomic mass is 9.82. The fourth-order valence-electron chi connectivity index (χ4n) is 4.86. The molecule has 2 heterocycles. The Morgan fingerprint density at radius 1 is 1.22 bits per heavy atom. The molecule has 9 nitrogen and oxygen atoms in total. The summed E-state index contributed by atoms with van der Waals surface area (Å²) in [6.07, 6.45) is 4.82. The van der Waals surface area contributed by atoms with Gasteiger partial charge in [0.1, 0.15) is 5.82 Å². The Bertz CT molecular complexity index is 1210. The molecular formula is C26H30ClFN6O3. The molecule has 1 fully saturated rings. The number of benzene rings is 2. The second kappa shape index (κ2) is 11.3. The molecule has 2 aromatic rings. The molecule has 196 valence electrons. The molecule has 2 aromatic carbocycles. The molecule has 4 rings (SSSR count). The standard InChI is InChI=1S/C26H30ClFN6O3/c1-16-4-2-3-12-34(16)13-11-30-24(36)22-26(25(29)37,32-15-31-22)17-5-8-19(9-6-17)33-23(35)20-10-7-18(28)14-21(20)27/h5-10,14-16,22H,2-4,11-13H2,1H3,(H2,29,37)(H,30,36)(H,31,32)(H,33,35). The van der Waals surface area contributed by atoms with Crippen LogP contribution in [0.4, 0.5) is 10.1 Å². The first-order valence-corrected chi connectivity index (χ1v) is 12.6. The summed E-state index contributed by atoms with van der Waals surface area (Å²) in [6, 6.07) is 9.18. The number of carbonyl (C=O) groups excluding carboxylic acids is 3. The summed E-state index contributed by atoms with van der Waals surface area (Å²) in [6.45, 7) is 4.33. The lowest BCUT2D eigenvalue weighted by Crippen LogP contribution is -2.60. The van der Waals surface area contributed by atoms with Gasteiger partial charge in [-0.3, -0.25) is 24.3 Å². The van der Waals surface area contributed by atoms with Crippen LogP contribution in [-0.4, -0.2) is 60.7 Å². The van der Waals surface area contributed by atoms with Crippen molar-refractivity contribution in [3.63, 3.8) is 0 Å². The van der Waals surface area contributed by atoms with E-state index in [0.717, 1.165) is 31.5 Å². The van der Waals surface area contributed by atoms with Gasteiger partial charge in [0.15, 0.2) is 11.6 Å². The van der Waals surface area contributed by atoms with E-state index in [4.69, 9.17) is 17.3 Å². The van der Waals surface area contributed by atoms with Crippen LogP contribution >= 0.6 is 11.6 Å². The number of rotatable bonds is 8. The van der Waals surface area contributed by atoms with E-state index in [1.165, 1.54) is 18.8 Å². The van der Waals surface area contributed by atoms with E-state index in [9.17, 15) is 18.8 Å². The molecular weight excluding hydrogens is 499 g/mol. The van der Waals surface area contributed by atoms with Crippen molar-refractivity contribution in [1.82, 2.24) is 15.5 Å². The van der Waals surface area contributed by atoms with Gasteiger partial charge in [-0.15, -0.1) is 0 Å². The number of hydrogen-bond donors (Lipinski definition) is 4. The fraction of sp³-hybridized carbons (Fsp3) is 0.385. The van der Waals surface area contributed by atoms with E-state index in [1.807, 2.05) is 0 Å². The minimum absolute atomic E-state index is 0.0160. The van der Waals surface area contributed by atoms with E-state index in [2.05, 4.69) is 32.8 Å². The summed E-state index contributed by atoms with van der Waals surface area (Å²) < 4.78 is 13.3. The third-order valence-electron chi connectivity index (χ3n) is 6.98. The van der Waals surface area contributed by atoms with Crippen molar-refractivity contribution in [3.8, 4) is 0 Å². The maximum absolute atomic E-state index is 13.3. The highest BCUT2D eigenvalue weighted by molar-refractivity contribution is 6.34. The number of primary amides is 1. The summed E-state index contributed by atoms with van der Waals surface area (Å²) in [7, 11) is 0. The Balaban J connectivity index is 1.45. The van der Waals surface area contributed by atoms with Crippen LogP contribution in [0.3, 0.4) is 0 Å². The summed E-state index contributed by atoms with van der Waals surface area (Å²) in [5.41, 5.74) is 5.15. The molecule has 11 heteroatoms. The Kier molecular flexibility index (Phi) is 8.09. The molecule has 0 aliphatic carbocycles. The lowest BCUT2D eigenvalue weighted by Gasteiger charge is -2.34. The van der Waals surface area contributed by atoms with Crippen LogP contribution in [0.1, 0.15) is 42.1 Å². The summed E-state index contributed by atoms with van der Waals surface area (Å²) >= 11 is 5.97. The van der Waals surface area contributed by atoms with Gasteiger partial charge in [-0.2, -0.15) is 0 Å². The first-order chi connectivity index (χ1) is 17.7. The zero-order chi connectivity index (χ0) is 26.6. The van der Waals surface area contributed by atoms with Crippen LogP contribution in [0.2, 0.25) is 5.02 Å². The van der Waals surface area contributed by atoms with Crippen molar-refractivity contribution in [2.45, 2.75) is 43.8 Å². The second-order valence-corrected chi connectivity index (χ2v) is 9.73. The van der Waals surface area contributed by atoms with Crippen molar-refractivity contribution >= 4 is 41.3 Å². The van der Waals surface area contributed by atoms with E-state index < -0.39 is 35.1 Å². The third-order valence-corrected chi connectivity index (χ3v) is 7.29. The fourth-order valence-corrected chi connectivity index (χ4v) is 5.11. The van der Waals surface area contributed by atoms with Crippen LogP contribution in [0.25, 0.3) is 0 Å². The molecule has 0 bridgehead atoms. The zero-order valence-electron chi connectivity index (χ0n) is 20.5. The van der Waals surface area contributed by atoms with E-state index in [0.29, 0.717) is 30.4 Å². The van der Waals surface area contributed by atoms with Crippen LogP contribution in [0.15, 0.2) is 47.5 Å². The molecule has 1 saturated heterocycles. The largest absolute Gasteiger partial charge is 0.367 e. The topological polar surface area (TPSA) is 129 Å². The summed E-state index contributed by atoms with van der Waals surface area (Å²) in [5, 5.41) is 8.44. The van der Waals surface area contributed by atoms with Crippen molar-refractivity contribution < 1.29 is 18.8 Å². The average molecular weight is 529 g/mol. The van der Waals surface area contributed by atoms with Crippen LogP contribution < -0.4 is 21.7 Å². The molecule has 2 aliphatic heterocycles. The number of aliphatic imine (C=N–C) groups is 1. The molecule has 0 saturated carbocycles. The predicted octanol–water partition coefficient (Wildman–Crippen LogP) is 2.40. The predicted molar refractivity (Wildman–Crippen MR) is 140 cm³/mol. The van der Waals surface area contributed by atoms with Gasteiger partial charge in [0.2, 0.25) is 5.91 Å². The Morgan fingerprint density at radius 3 is 2.65 bits per heavy atom. The maximum Gasteiger partial charge on any atom is 0.257 e. The smallest absolute Gasteiger partial charge is 0.257 e. The number of halogens is 2. The zero-order valence-corrected chi connectivity index (χ0v) is 21.2. The molecule has 3 amide bonds. The van der Waals surface area contributed by atoms with Crippen LogP contribution in [-0.2, 0) is 15.1 Å². The minimum atomic E-state index is -1.58. The van der Waals surface area contributed by atoms with E-state index >= 15 is 0 Å². The third kappa shape index (κ3) is 5.60. The number of nitrogens with zero attached hydrogens (tertiary/aromatic N) is 2. The molecule has 37 heavy (non-hydrogen) atoms. The van der Waals surface area contributed by atoms with Crippen LogP contribution in [0.5, 0.6) is 0 Å². The van der Waals surface area contributed by atoms with Crippen molar-refractivity contribution in [2.75, 3.05) is 25.0 Å². The molecule has 3 unspecified atom stereocenters. The SMILES string of the molecule is CC1CCCCN1CCNC(=O)C1N=CNC1(C(N)=O)c1ccc(NC(=O)c2ccc(F)cc2Cl)cc1. The molecule has 5 N–H and O–H groups in total. The maximum atomic E-state index is 13.3. The minimum Gasteiger partial charge on any atom is -0.367 e. The van der Waals surface area contributed by atoms with Gasteiger partial charge in [0.05, 0.1) is 16.9 Å². The van der Waals surface area contributed by atoms with Gasteiger partial charge in [0.25, 0.3) is 11.8 Å². The number of likely N-dealkylation sites (tertiary alicyclic amines) is 1. The van der Waals surface area contributed by atoms with Crippen molar-refractivity contribution in [2.24, 2.45) is 10.7 Å². The molecule has 0 aromatic heterocycles. The Morgan fingerprint density at radius 2 is 1.97 bits per heavy atom. The highest BCUT2D eigenvalue weighted by atomic mass is 35.5. The van der Waals surface area contributed by atoms with Crippen molar-refractivity contribution in [3.05, 3.63) is 64.4 Å². The number of amides is 3. The summed E-state index contributed by atoms with van der Waals surface area (Å²) in [5.74, 6) is -2.24. The number of carbonyl (C=O) groups is 3. The van der Waals surface area contributed by atoms with Gasteiger partial charge >= 0.3 is 0 Å². The van der Waals surface area contributed by atoms with Crippen LogP contribution in [0, 0.1) is 5.82 Å². The Hall–Kier alpha value is -3.50. The number of anilines is 1. The van der Waals surface area contributed by atoms with Gasteiger partial charge in [-0.1, -0.05) is 30.2 Å². The monoisotopic (exact) mass is 528 g/mol. The average Bonchev–Trinajstić information content (AvgIpc) is 3.32. The highest BCUT2D eigenvalue weighted by Gasteiger charge is 2.52. The Labute approximate surface area is 219 Å². The lowest BCUT2D eigenvalue weighted by molar-refractivity contribution is -0.131. The van der Waals surface area contributed by atoms with Crippen molar-refractivity contribution in [1.29, 1.82) is 0 Å². The van der Waals surface area contributed by atoms with Gasteiger partial charge < -0.3 is 21.7 Å². The van der Waals surface area contributed by atoms with Gasteiger partial charge in [-0.25, -0.2) is 4.39 Å². The van der Waals surface area contributed by atoms with Gasteiger partial charge in [-0.05, 0) is 62.2 Å². The first-order valence-electron chi connectivity index (χ1n) is 12.2. The molecule has 0 radical (unpaired) electrons. The molecule has 0 spiro atoms. The quantitative estimate of drug-likeness (QED) is 0.418.